The molecule has 0 aliphatic heterocycles. The van der Waals surface area contributed by atoms with Crippen molar-refractivity contribution in [1.29, 1.82) is 0 Å². The van der Waals surface area contributed by atoms with Gasteiger partial charge in [-0.15, -0.1) is 0 Å². The summed E-state index contributed by atoms with van der Waals surface area (Å²) in [5.74, 6) is -0.423. The van der Waals surface area contributed by atoms with E-state index in [-0.39, 0.29) is 9.84 Å². The third-order valence-electron chi connectivity index (χ3n) is 1.38. The molecule has 0 aliphatic carbocycles. The minimum atomic E-state index is -0.704. The van der Waals surface area contributed by atoms with Gasteiger partial charge in [0, 0.05) is 0 Å². The van der Waals surface area contributed by atoms with Gasteiger partial charge >= 0.3 is 5.97 Å². The van der Waals surface area contributed by atoms with Crippen molar-refractivity contribution in [2.24, 2.45) is 5.92 Å². The van der Waals surface area contributed by atoms with Gasteiger partial charge in [-0.25, -0.2) is 0 Å². The van der Waals surface area contributed by atoms with Crippen molar-refractivity contribution in [3.8, 4) is 0 Å². The first-order chi connectivity index (χ1) is 4.09. The summed E-state index contributed by atoms with van der Waals surface area (Å²) in [6.45, 7) is 3.95. The summed E-state index contributed by atoms with van der Waals surface area (Å²) >= 11 is 1.96. The molecular weight excluding hydrogens is 231 g/mol. The smallest absolute Gasteiger partial charge is 0.316 e. The molecule has 0 aromatic rings. The topological polar surface area (TPSA) is 37.3 Å². The van der Waals surface area contributed by atoms with Crippen LogP contribution in [0.5, 0.6) is 0 Å². The molecule has 3 heteroatoms. The van der Waals surface area contributed by atoms with Crippen LogP contribution < -0.4 is 0 Å². The fraction of sp³-hybridized carbons (Fsp3) is 0.833. The van der Waals surface area contributed by atoms with E-state index in [1.165, 1.54) is 0 Å². The minimum absolute atomic E-state index is 0.229. The summed E-state index contributed by atoms with van der Waals surface area (Å²) < 4.78 is -0.229. The molecule has 0 bridgehead atoms. The Morgan fingerprint density at radius 2 is 2.22 bits per heavy atom. The highest BCUT2D eigenvalue weighted by molar-refractivity contribution is 14.1. The van der Waals surface area contributed by atoms with Crippen LogP contribution in [0.2, 0.25) is 0 Å². The summed E-state index contributed by atoms with van der Waals surface area (Å²) in [6.07, 6.45) is 0.930. The van der Waals surface area contributed by atoms with Gasteiger partial charge in [-0.1, -0.05) is 42.9 Å². The first-order valence-corrected chi connectivity index (χ1v) is 4.21. The Morgan fingerprint density at radius 1 is 1.78 bits per heavy atom. The van der Waals surface area contributed by atoms with Gasteiger partial charge in [0.05, 0.1) is 0 Å². The zero-order chi connectivity index (χ0) is 7.44. The molecular formula is C6H11IO2. The number of aliphatic carboxylic acids is 1. The van der Waals surface area contributed by atoms with Crippen LogP contribution in [0, 0.1) is 5.92 Å². The molecule has 2 nitrogen and oxygen atoms in total. The van der Waals surface area contributed by atoms with Crippen LogP contribution in [-0.2, 0) is 4.79 Å². The number of carboxylic acids is 1. The fourth-order valence-electron chi connectivity index (χ4n) is 0.450. The quantitative estimate of drug-likeness (QED) is 0.606. The molecule has 0 aromatic carbocycles. The van der Waals surface area contributed by atoms with Crippen LogP contribution in [0.3, 0.4) is 0 Å². The molecule has 54 valence electrons. The predicted molar refractivity (Wildman–Crippen MR) is 44.9 cm³/mol. The highest BCUT2D eigenvalue weighted by Gasteiger charge is 2.18. The van der Waals surface area contributed by atoms with Crippen LogP contribution in [-0.4, -0.2) is 15.0 Å². The molecule has 0 fully saturated rings. The van der Waals surface area contributed by atoms with Gasteiger partial charge in [-0.2, -0.15) is 0 Å². The van der Waals surface area contributed by atoms with Crippen LogP contribution >= 0.6 is 22.6 Å². The van der Waals surface area contributed by atoms with Gasteiger partial charge in [0.1, 0.15) is 3.92 Å². The third kappa shape index (κ3) is 3.03. The van der Waals surface area contributed by atoms with E-state index in [4.69, 9.17) is 5.11 Å². The number of alkyl halides is 1. The number of carbonyl (C=O) groups is 1. The molecule has 0 aliphatic rings. The lowest BCUT2D eigenvalue weighted by Gasteiger charge is -2.10. The average Bonchev–Trinajstić information content (AvgIpc) is 1.84. The summed E-state index contributed by atoms with van der Waals surface area (Å²) in [4.78, 5) is 10.3. The number of carboxylic acid groups (broad SMARTS) is 1. The van der Waals surface area contributed by atoms with Crippen molar-refractivity contribution in [2.45, 2.75) is 24.2 Å². The third-order valence-corrected chi connectivity index (χ3v) is 3.14. The van der Waals surface area contributed by atoms with E-state index < -0.39 is 5.97 Å². The second kappa shape index (κ2) is 4.09. The van der Waals surface area contributed by atoms with Crippen molar-refractivity contribution >= 4 is 28.6 Å². The maximum Gasteiger partial charge on any atom is 0.316 e. The fourth-order valence-corrected chi connectivity index (χ4v) is 0.959. The Labute approximate surface area is 68.8 Å². The summed E-state index contributed by atoms with van der Waals surface area (Å²) in [6, 6.07) is 0. The molecule has 0 heterocycles. The second-order valence-electron chi connectivity index (χ2n) is 2.13. The summed E-state index contributed by atoms with van der Waals surface area (Å²) in [5, 5.41) is 8.48. The van der Waals surface area contributed by atoms with E-state index in [1.807, 2.05) is 36.4 Å². The highest BCUT2D eigenvalue weighted by atomic mass is 127. The lowest BCUT2D eigenvalue weighted by atomic mass is 10.1. The second-order valence-corrected chi connectivity index (χ2v) is 3.47. The molecule has 0 spiro atoms. The van der Waals surface area contributed by atoms with E-state index in [0.29, 0.717) is 0 Å². The van der Waals surface area contributed by atoms with E-state index in [1.54, 1.807) is 0 Å². The number of rotatable bonds is 3. The Kier molecular flexibility index (Phi) is 4.18. The molecule has 0 rings (SSSR count). The SMILES string of the molecule is CCC(C)C(I)C(=O)O. The van der Waals surface area contributed by atoms with Gasteiger partial charge in [-0.05, 0) is 5.92 Å². The monoisotopic (exact) mass is 242 g/mol. The van der Waals surface area contributed by atoms with Crippen LogP contribution in [0.25, 0.3) is 0 Å². The first kappa shape index (κ1) is 9.20. The Bertz CT molecular complexity index is 103. The zero-order valence-corrected chi connectivity index (χ0v) is 7.75. The van der Waals surface area contributed by atoms with E-state index in [9.17, 15) is 4.79 Å². The van der Waals surface area contributed by atoms with Gasteiger partial charge in [0.2, 0.25) is 0 Å². The zero-order valence-electron chi connectivity index (χ0n) is 5.60. The van der Waals surface area contributed by atoms with Crippen molar-refractivity contribution < 1.29 is 9.90 Å². The molecule has 2 atom stereocenters. The maximum atomic E-state index is 10.3. The largest absolute Gasteiger partial charge is 0.480 e. The standard InChI is InChI=1S/C6H11IO2/c1-3-4(2)5(7)6(8)9/h4-5H,3H2,1-2H3,(H,8,9). The lowest BCUT2D eigenvalue weighted by Crippen LogP contribution is -2.20. The maximum absolute atomic E-state index is 10.3. The van der Waals surface area contributed by atoms with Crippen LogP contribution in [0.15, 0.2) is 0 Å². The molecule has 0 aromatic heterocycles. The van der Waals surface area contributed by atoms with Gasteiger partial charge in [0.25, 0.3) is 0 Å². The van der Waals surface area contributed by atoms with Crippen LogP contribution in [0.4, 0.5) is 0 Å². The number of halogens is 1. The van der Waals surface area contributed by atoms with E-state index in [0.717, 1.165) is 6.42 Å². The van der Waals surface area contributed by atoms with Crippen molar-refractivity contribution in [3.63, 3.8) is 0 Å². The number of hydrogen-bond donors (Lipinski definition) is 1. The summed E-state index contributed by atoms with van der Waals surface area (Å²) in [5.41, 5.74) is 0. The molecule has 9 heavy (non-hydrogen) atoms. The van der Waals surface area contributed by atoms with E-state index in [2.05, 4.69) is 0 Å². The minimum Gasteiger partial charge on any atom is -0.480 e. The van der Waals surface area contributed by atoms with Gasteiger partial charge in [-0.3, -0.25) is 4.79 Å². The van der Waals surface area contributed by atoms with Gasteiger partial charge < -0.3 is 5.11 Å². The molecule has 0 amide bonds. The van der Waals surface area contributed by atoms with E-state index >= 15 is 0 Å². The van der Waals surface area contributed by atoms with Crippen molar-refractivity contribution in [2.75, 3.05) is 0 Å². The Balaban J connectivity index is 3.72. The number of hydrogen-bond acceptors (Lipinski definition) is 1. The molecule has 2 unspecified atom stereocenters. The Morgan fingerprint density at radius 3 is 2.33 bits per heavy atom. The average molecular weight is 242 g/mol. The molecule has 1 N–H and O–H groups in total. The molecule has 0 radical (unpaired) electrons. The van der Waals surface area contributed by atoms with Gasteiger partial charge in [0.15, 0.2) is 0 Å². The molecule has 0 saturated carbocycles. The normalized spacial score (nSPS) is 16.8. The van der Waals surface area contributed by atoms with Crippen molar-refractivity contribution in [3.05, 3.63) is 0 Å². The van der Waals surface area contributed by atoms with Crippen LogP contribution in [0.1, 0.15) is 20.3 Å². The summed E-state index contributed by atoms with van der Waals surface area (Å²) in [7, 11) is 0. The highest BCUT2D eigenvalue weighted by Crippen LogP contribution is 2.15. The molecule has 0 saturated heterocycles. The van der Waals surface area contributed by atoms with Crippen molar-refractivity contribution in [1.82, 2.24) is 0 Å². The Hall–Kier alpha value is 0.200. The first-order valence-electron chi connectivity index (χ1n) is 2.96. The predicted octanol–water partition coefficient (Wildman–Crippen LogP) is 1.92. The lowest BCUT2D eigenvalue weighted by molar-refractivity contribution is -0.136.